The summed E-state index contributed by atoms with van der Waals surface area (Å²) in [6, 6.07) is 7.61. The molecule has 3 rings (SSSR count). The van der Waals surface area contributed by atoms with Crippen LogP contribution in [0.1, 0.15) is 18.5 Å². The van der Waals surface area contributed by atoms with Gasteiger partial charge in [0.2, 0.25) is 11.8 Å². The van der Waals surface area contributed by atoms with Crippen molar-refractivity contribution in [3.05, 3.63) is 38.9 Å². The SMILES string of the molecule is O=C(Cc1csc(NC(=O)C2CC2)n1)Nc1cccc(I)c1. The van der Waals surface area contributed by atoms with E-state index in [1.165, 1.54) is 11.3 Å². The molecule has 1 saturated carbocycles. The van der Waals surface area contributed by atoms with Crippen LogP contribution in [-0.2, 0) is 16.0 Å². The number of carbonyl (C=O) groups is 2. The number of amides is 2. The highest BCUT2D eigenvalue weighted by Crippen LogP contribution is 2.30. The highest BCUT2D eigenvalue weighted by molar-refractivity contribution is 14.1. The van der Waals surface area contributed by atoms with Crippen molar-refractivity contribution in [1.82, 2.24) is 4.98 Å². The van der Waals surface area contributed by atoms with Gasteiger partial charge in [0, 0.05) is 20.6 Å². The molecule has 1 aromatic heterocycles. The number of anilines is 2. The average Bonchev–Trinajstić information content (AvgIpc) is 3.22. The molecule has 2 amide bonds. The molecule has 0 saturated heterocycles. The minimum absolute atomic E-state index is 0.0317. The largest absolute Gasteiger partial charge is 0.326 e. The molecule has 1 aliphatic rings. The Hall–Kier alpha value is -1.48. The van der Waals surface area contributed by atoms with Crippen LogP contribution in [0.2, 0.25) is 0 Å². The Bertz CT molecular complexity index is 712. The van der Waals surface area contributed by atoms with Gasteiger partial charge in [-0.1, -0.05) is 6.07 Å². The summed E-state index contributed by atoms with van der Waals surface area (Å²) in [6.45, 7) is 0. The second-order valence-corrected chi connectivity index (χ2v) is 7.25. The molecule has 0 spiro atoms. The topological polar surface area (TPSA) is 71.1 Å². The Morgan fingerprint density at radius 3 is 2.86 bits per heavy atom. The second kappa shape index (κ2) is 6.74. The standard InChI is InChI=1S/C15H14IN3O2S/c16-10-2-1-3-11(6-10)17-13(20)7-12-8-22-15(18-12)19-14(21)9-4-5-9/h1-3,6,8-9H,4-5,7H2,(H,17,20)(H,18,19,21). The van der Waals surface area contributed by atoms with E-state index in [4.69, 9.17) is 0 Å². The average molecular weight is 427 g/mol. The van der Waals surface area contributed by atoms with Crippen molar-refractivity contribution in [3.8, 4) is 0 Å². The lowest BCUT2D eigenvalue weighted by Gasteiger charge is -2.04. The first-order valence-corrected chi connectivity index (χ1v) is 8.86. The maximum atomic E-state index is 12.0. The fourth-order valence-electron chi connectivity index (χ4n) is 1.93. The molecule has 0 aliphatic heterocycles. The van der Waals surface area contributed by atoms with E-state index in [1.807, 2.05) is 24.3 Å². The number of aromatic nitrogens is 1. The third kappa shape index (κ3) is 4.26. The second-order valence-electron chi connectivity index (χ2n) is 5.14. The first-order chi connectivity index (χ1) is 10.6. The molecule has 2 aromatic rings. The number of carbonyl (C=O) groups excluding carboxylic acids is 2. The van der Waals surface area contributed by atoms with Gasteiger partial charge in [-0.25, -0.2) is 4.98 Å². The third-order valence-corrected chi connectivity index (χ3v) is 4.66. The predicted octanol–water partition coefficient (Wildman–Crippen LogP) is 3.28. The molecule has 1 aromatic carbocycles. The van der Waals surface area contributed by atoms with E-state index in [0.29, 0.717) is 10.8 Å². The first-order valence-electron chi connectivity index (χ1n) is 6.91. The van der Waals surface area contributed by atoms with Crippen LogP contribution in [-0.4, -0.2) is 16.8 Å². The first kappa shape index (κ1) is 15.4. The highest BCUT2D eigenvalue weighted by Gasteiger charge is 2.30. The van der Waals surface area contributed by atoms with Crippen LogP contribution in [0.15, 0.2) is 29.6 Å². The minimum Gasteiger partial charge on any atom is -0.326 e. The van der Waals surface area contributed by atoms with Crippen molar-refractivity contribution < 1.29 is 9.59 Å². The van der Waals surface area contributed by atoms with Gasteiger partial charge in [0.1, 0.15) is 0 Å². The number of nitrogens with zero attached hydrogens (tertiary/aromatic N) is 1. The lowest BCUT2D eigenvalue weighted by Crippen LogP contribution is -2.15. The van der Waals surface area contributed by atoms with Gasteiger partial charge >= 0.3 is 0 Å². The van der Waals surface area contributed by atoms with Crippen LogP contribution >= 0.6 is 33.9 Å². The summed E-state index contributed by atoms with van der Waals surface area (Å²) in [5, 5.41) is 8.00. The van der Waals surface area contributed by atoms with Crippen LogP contribution < -0.4 is 10.6 Å². The molecule has 114 valence electrons. The van der Waals surface area contributed by atoms with E-state index in [2.05, 4.69) is 38.2 Å². The summed E-state index contributed by atoms with van der Waals surface area (Å²) in [5.41, 5.74) is 1.44. The molecule has 1 heterocycles. The number of thiazole rings is 1. The molecule has 0 atom stereocenters. The van der Waals surface area contributed by atoms with Crippen LogP contribution in [0.25, 0.3) is 0 Å². The zero-order chi connectivity index (χ0) is 15.5. The van der Waals surface area contributed by atoms with Crippen molar-refractivity contribution in [3.63, 3.8) is 0 Å². The molecule has 2 N–H and O–H groups in total. The van der Waals surface area contributed by atoms with Crippen molar-refractivity contribution in [2.75, 3.05) is 10.6 Å². The summed E-state index contributed by atoms with van der Waals surface area (Å²) in [5.74, 6) is 0.0628. The Morgan fingerprint density at radius 1 is 1.32 bits per heavy atom. The van der Waals surface area contributed by atoms with Crippen LogP contribution in [0.5, 0.6) is 0 Å². The van der Waals surface area contributed by atoms with E-state index in [-0.39, 0.29) is 24.2 Å². The summed E-state index contributed by atoms with van der Waals surface area (Å²) in [7, 11) is 0. The number of halogens is 1. The fourth-order valence-corrected chi connectivity index (χ4v) is 3.19. The third-order valence-electron chi connectivity index (χ3n) is 3.18. The van der Waals surface area contributed by atoms with E-state index in [1.54, 1.807) is 5.38 Å². The van der Waals surface area contributed by atoms with Crippen molar-refractivity contribution in [2.45, 2.75) is 19.3 Å². The fraction of sp³-hybridized carbons (Fsp3) is 0.267. The molecule has 7 heteroatoms. The van der Waals surface area contributed by atoms with Crippen molar-refractivity contribution in [1.29, 1.82) is 0 Å². The Morgan fingerprint density at radius 2 is 2.14 bits per heavy atom. The van der Waals surface area contributed by atoms with Gasteiger partial charge in [-0.15, -0.1) is 11.3 Å². The molecular weight excluding hydrogens is 413 g/mol. The maximum absolute atomic E-state index is 12.0. The maximum Gasteiger partial charge on any atom is 0.230 e. The van der Waals surface area contributed by atoms with Crippen LogP contribution in [0.4, 0.5) is 10.8 Å². The van der Waals surface area contributed by atoms with E-state index < -0.39 is 0 Å². The summed E-state index contributed by atoms with van der Waals surface area (Å²) in [4.78, 5) is 27.9. The zero-order valence-corrected chi connectivity index (χ0v) is 14.6. The normalized spacial score (nSPS) is 13.7. The van der Waals surface area contributed by atoms with Gasteiger partial charge < -0.3 is 10.6 Å². The van der Waals surface area contributed by atoms with Crippen molar-refractivity contribution in [2.24, 2.45) is 5.92 Å². The van der Waals surface area contributed by atoms with Gasteiger partial charge in [-0.2, -0.15) is 0 Å². The number of benzene rings is 1. The monoisotopic (exact) mass is 427 g/mol. The number of rotatable bonds is 5. The summed E-state index contributed by atoms with van der Waals surface area (Å²) >= 11 is 3.55. The smallest absolute Gasteiger partial charge is 0.230 e. The molecule has 0 unspecified atom stereocenters. The van der Waals surface area contributed by atoms with Gasteiger partial charge in [0.25, 0.3) is 0 Å². The predicted molar refractivity (Wildman–Crippen MR) is 95.0 cm³/mol. The van der Waals surface area contributed by atoms with Gasteiger partial charge in [0.15, 0.2) is 5.13 Å². The molecule has 22 heavy (non-hydrogen) atoms. The lowest BCUT2D eigenvalue weighted by molar-refractivity contribution is -0.117. The molecule has 0 radical (unpaired) electrons. The lowest BCUT2D eigenvalue weighted by atomic mass is 10.3. The number of hydrogen-bond donors (Lipinski definition) is 2. The number of nitrogens with one attached hydrogen (secondary N) is 2. The molecular formula is C15H14IN3O2S. The summed E-state index contributed by atoms with van der Waals surface area (Å²) < 4.78 is 1.06. The van der Waals surface area contributed by atoms with Gasteiger partial charge in [0.05, 0.1) is 12.1 Å². The van der Waals surface area contributed by atoms with E-state index in [9.17, 15) is 9.59 Å². The van der Waals surface area contributed by atoms with E-state index in [0.717, 1.165) is 22.1 Å². The molecule has 0 bridgehead atoms. The Balaban J connectivity index is 1.55. The zero-order valence-electron chi connectivity index (χ0n) is 11.6. The molecule has 5 nitrogen and oxygen atoms in total. The minimum atomic E-state index is -0.118. The quantitative estimate of drug-likeness (QED) is 0.720. The molecule has 1 aliphatic carbocycles. The van der Waals surface area contributed by atoms with Crippen LogP contribution in [0, 0.1) is 9.49 Å². The summed E-state index contributed by atoms with van der Waals surface area (Å²) in [6.07, 6.45) is 2.12. The van der Waals surface area contributed by atoms with Gasteiger partial charge in [-0.05, 0) is 53.6 Å². The number of hydrogen-bond acceptors (Lipinski definition) is 4. The molecule has 1 fully saturated rings. The Labute approximate surface area is 145 Å². The van der Waals surface area contributed by atoms with Gasteiger partial charge in [-0.3, -0.25) is 9.59 Å². The van der Waals surface area contributed by atoms with Crippen LogP contribution in [0.3, 0.4) is 0 Å². The van der Waals surface area contributed by atoms with E-state index >= 15 is 0 Å². The Kier molecular flexibility index (Phi) is 4.72. The van der Waals surface area contributed by atoms with Crippen molar-refractivity contribution >= 4 is 56.6 Å². The highest BCUT2D eigenvalue weighted by atomic mass is 127.